The van der Waals surface area contributed by atoms with Gasteiger partial charge in [-0.25, -0.2) is 12.7 Å². The van der Waals surface area contributed by atoms with E-state index in [9.17, 15) is 18.0 Å². The van der Waals surface area contributed by atoms with E-state index in [0.29, 0.717) is 26.2 Å². The molecule has 1 aliphatic heterocycles. The molecule has 122 valence electrons. The van der Waals surface area contributed by atoms with Gasteiger partial charge in [-0.05, 0) is 25.7 Å². The standard InChI is InChI=1S/C13H24N2O5S/c1-3-20-13(17)5-4-12(16)14-10-11-6-8-15(9-7-11)21(2,18)19/h11H,3-10H2,1-2H3,(H,14,16). The third-order valence-corrected chi connectivity index (χ3v) is 4.80. The largest absolute Gasteiger partial charge is 0.466 e. The van der Waals surface area contributed by atoms with Crippen LogP contribution in [0.2, 0.25) is 0 Å². The van der Waals surface area contributed by atoms with Crippen molar-refractivity contribution in [2.24, 2.45) is 5.92 Å². The van der Waals surface area contributed by atoms with Gasteiger partial charge in [0, 0.05) is 26.1 Å². The van der Waals surface area contributed by atoms with Crippen molar-refractivity contribution >= 4 is 21.9 Å². The molecule has 0 bridgehead atoms. The second-order valence-electron chi connectivity index (χ2n) is 5.21. The van der Waals surface area contributed by atoms with E-state index in [1.807, 2.05) is 0 Å². The highest BCUT2D eigenvalue weighted by molar-refractivity contribution is 7.88. The van der Waals surface area contributed by atoms with Gasteiger partial charge < -0.3 is 10.1 Å². The van der Waals surface area contributed by atoms with Crippen LogP contribution in [0.25, 0.3) is 0 Å². The first-order valence-electron chi connectivity index (χ1n) is 7.20. The van der Waals surface area contributed by atoms with Gasteiger partial charge in [-0.15, -0.1) is 0 Å². The number of amides is 1. The summed E-state index contributed by atoms with van der Waals surface area (Å²) in [5.74, 6) is -0.253. The van der Waals surface area contributed by atoms with Crippen LogP contribution in [0.4, 0.5) is 0 Å². The van der Waals surface area contributed by atoms with E-state index in [4.69, 9.17) is 4.74 Å². The number of nitrogens with zero attached hydrogens (tertiary/aromatic N) is 1. The van der Waals surface area contributed by atoms with Crippen molar-refractivity contribution in [3.63, 3.8) is 0 Å². The molecule has 0 spiro atoms. The summed E-state index contributed by atoms with van der Waals surface area (Å²) in [6.07, 6.45) is 2.91. The van der Waals surface area contributed by atoms with Crippen molar-refractivity contribution < 1.29 is 22.7 Å². The Morgan fingerprint density at radius 1 is 1.24 bits per heavy atom. The predicted octanol–water partition coefficient (Wildman–Crippen LogP) is 0.118. The first-order chi connectivity index (χ1) is 9.82. The van der Waals surface area contributed by atoms with Gasteiger partial charge in [0.15, 0.2) is 0 Å². The van der Waals surface area contributed by atoms with E-state index in [0.717, 1.165) is 12.8 Å². The van der Waals surface area contributed by atoms with Crippen LogP contribution in [0.1, 0.15) is 32.6 Å². The Labute approximate surface area is 126 Å². The summed E-state index contributed by atoms with van der Waals surface area (Å²) in [6.45, 7) is 3.57. The Bertz CT molecular complexity index is 455. The van der Waals surface area contributed by atoms with E-state index < -0.39 is 10.0 Å². The molecule has 1 amide bonds. The minimum absolute atomic E-state index is 0.0895. The molecule has 0 radical (unpaired) electrons. The minimum atomic E-state index is -3.11. The zero-order valence-electron chi connectivity index (χ0n) is 12.6. The van der Waals surface area contributed by atoms with E-state index in [-0.39, 0.29) is 30.6 Å². The Balaban J connectivity index is 2.19. The topological polar surface area (TPSA) is 92.8 Å². The van der Waals surface area contributed by atoms with Crippen LogP contribution in [0.3, 0.4) is 0 Å². The van der Waals surface area contributed by atoms with Crippen molar-refractivity contribution in [1.29, 1.82) is 0 Å². The molecule has 0 aromatic carbocycles. The number of piperidine rings is 1. The number of esters is 1. The van der Waals surface area contributed by atoms with Crippen molar-refractivity contribution in [3.8, 4) is 0 Å². The molecule has 0 saturated carbocycles. The van der Waals surface area contributed by atoms with E-state index >= 15 is 0 Å². The number of sulfonamides is 1. The highest BCUT2D eigenvalue weighted by atomic mass is 32.2. The lowest BCUT2D eigenvalue weighted by molar-refractivity contribution is -0.144. The van der Waals surface area contributed by atoms with Gasteiger partial charge in [-0.3, -0.25) is 9.59 Å². The lowest BCUT2D eigenvalue weighted by atomic mass is 9.98. The number of rotatable bonds is 7. The normalized spacial score (nSPS) is 17.4. The minimum Gasteiger partial charge on any atom is -0.466 e. The number of nitrogens with one attached hydrogen (secondary N) is 1. The SMILES string of the molecule is CCOC(=O)CCC(=O)NCC1CCN(S(C)(=O)=O)CC1. The van der Waals surface area contributed by atoms with Gasteiger partial charge in [-0.1, -0.05) is 0 Å². The molecule has 8 heteroatoms. The summed E-state index contributed by atoms with van der Waals surface area (Å²) in [5, 5.41) is 2.79. The lowest BCUT2D eigenvalue weighted by Gasteiger charge is -2.30. The van der Waals surface area contributed by atoms with E-state index in [1.54, 1.807) is 6.92 Å². The second-order valence-corrected chi connectivity index (χ2v) is 7.20. The van der Waals surface area contributed by atoms with Crippen LogP contribution in [0, 0.1) is 5.92 Å². The quantitative estimate of drug-likeness (QED) is 0.673. The average Bonchev–Trinajstić information content (AvgIpc) is 2.43. The van der Waals surface area contributed by atoms with Gasteiger partial charge in [0.05, 0.1) is 19.3 Å². The van der Waals surface area contributed by atoms with E-state index in [2.05, 4.69) is 5.32 Å². The molecule has 0 atom stereocenters. The maximum Gasteiger partial charge on any atom is 0.306 e. The molecule has 1 saturated heterocycles. The summed E-state index contributed by atoms with van der Waals surface area (Å²) < 4.78 is 29.0. The maximum absolute atomic E-state index is 11.6. The van der Waals surface area contributed by atoms with Gasteiger partial charge >= 0.3 is 5.97 Å². The van der Waals surface area contributed by atoms with Crippen molar-refractivity contribution in [1.82, 2.24) is 9.62 Å². The summed E-state index contributed by atoms with van der Waals surface area (Å²) in [7, 11) is -3.11. The van der Waals surface area contributed by atoms with Crippen LogP contribution >= 0.6 is 0 Å². The first kappa shape index (κ1) is 17.9. The molecule has 1 N–H and O–H groups in total. The third kappa shape index (κ3) is 6.90. The molecule has 0 aromatic rings. The maximum atomic E-state index is 11.6. The molecule has 21 heavy (non-hydrogen) atoms. The van der Waals surface area contributed by atoms with Gasteiger partial charge in [0.25, 0.3) is 0 Å². The average molecular weight is 320 g/mol. The van der Waals surface area contributed by atoms with Crippen LogP contribution in [0.5, 0.6) is 0 Å². The summed E-state index contributed by atoms with van der Waals surface area (Å²) in [5.41, 5.74) is 0. The highest BCUT2D eigenvalue weighted by Gasteiger charge is 2.24. The fourth-order valence-corrected chi connectivity index (χ4v) is 3.11. The molecule has 1 fully saturated rings. The molecule has 1 aliphatic rings. The molecule has 1 heterocycles. The molecular weight excluding hydrogens is 296 g/mol. The first-order valence-corrected chi connectivity index (χ1v) is 9.05. The molecule has 1 rings (SSSR count). The number of carbonyl (C=O) groups excluding carboxylic acids is 2. The van der Waals surface area contributed by atoms with Gasteiger partial charge in [0.2, 0.25) is 15.9 Å². The third-order valence-electron chi connectivity index (χ3n) is 3.49. The monoisotopic (exact) mass is 320 g/mol. The molecular formula is C13H24N2O5S. The molecule has 0 aliphatic carbocycles. The van der Waals surface area contributed by atoms with Crippen molar-refractivity contribution in [2.45, 2.75) is 32.6 Å². The fourth-order valence-electron chi connectivity index (χ4n) is 2.24. The van der Waals surface area contributed by atoms with Crippen molar-refractivity contribution in [2.75, 3.05) is 32.5 Å². The van der Waals surface area contributed by atoms with Crippen LogP contribution < -0.4 is 5.32 Å². The smallest absolute Gasteiger partial charge is 0.306 e. The molecule has 0 unspecified atom stereocenters. The Kier molecular flexibility index (Phi) is 7.10. The highest BCUT2D eigenvalue weighted by Crippen LogP contribution is 2.18. The zero-order chi connectivity index (χ0) is 15.9. The predicted molar refractivity (Wildman–Crippen MR) is 78.0 cm³/mol. The fraction of sp³-hybridized carbons (Fsp3) is 0.846. The van der Waals surface area contributed by atoms with Gasteiger partial charge in [0.1, 0.15) is 0 Å². The number of hydrogen-bond donors (Lipinski definition) is 1. The second kappa shape index (κ2) is 8.33. The summed E-state index contributed by atoms with van der Waals surface area (Å²) in [6, 6.07) is 0. The number of hydrogen-bond acceptors (Lipinski definition) is 5. The zero-order valence-corrected chi connectivity index (χ0v) is 13.4. The Morgan fingerprint density at radius 3 is 2.38 bits per heavy atom. The number of carbonyl (C=O) groups is 2. The summed E-state index contributed by atoms with van der Waals surface area (Å²) >= 11 is 0. The molecule has 0 aromatic heterocycles. The van der Waals surface area contributed by atoms with Crippen LogP contribution in [-0.2, 0) is 24.3 Å². The number of ether oxygens (including phenoxy) is 1. The van der Waals surface area contributed by atoms with Gasteiger partial charge in [-0.2, -0.15) is 0 Å². The Morgan fingerprint density at radius 2 is 1.86 bits per heavy atom. The van der Waals surface area contributed by atoms with Crippen molar-refractivity contribution in [3.05, 3.63) is 0 Å². The summed E-state index contributed by atoms with van der Waals surface area (Å²) in [4.78, 5) is 22.7. The van der Waals surface area contributed by atoms with E-state index in [1.165, 1.54) is 10.6 Å². The van der Waals surface area contributed by atoms with Crippen LogP contribution in [0.15, 0.2) is 0 Å². The molecule has 7 nitrogen and oxygen atoms in total. The van der Waals surface area contributed by atoms with Crippen LogP contribution in [-0.4, -0.2) is 57.1 Å². The lowest BCUT2D eigenvalue weighted by Crippen LogP contribution is -2.41. The Hall–Kier alpha value is -1.15.